The molecular formula is C14H21BrN2S. The quantitative estimate of drug-likeness (QED) is 0.888. The largest absolute Gasteiger partial charge is 0.313 e. The zero-order valence-electron chi connectivity index (χ0n) is 10.7. The number of nitrogens with zero attached hydrogens (tertiary/aromatic N) is 1. The molecule has 1 aromatic heterocycles. The summed E-state index contributed by atoms with van der Waals surface area (Å²) < 4.78 is 1.25. The molecule has 1 aromatic rings. The lowest BCUT2D eigenvalue weighted by atomic mass is 10.0. The first-order chi connectivity index (χ1) is 8.81. The van der Waals surface area contributed by atoms with Crippen molar-refractivity contribution in [3.8, 4) is 0 Å². The monoisotopic (exact) mass is 328 g/mol. The van der Waals surface area contributed by atoms with Gasteiger partial charge in [0, 0.05) is 30.1 Å². The topological polar surface area (TPSA) is 15.3 Å². The van der Waals surface area contributed by atoms with Crippen LogP contribution < -0.4 is 5.32 Å². The second-order valence-corrected chi connectivity index (χ2v) is 8.06. The lowest BCUT2D eigenvalue weighted by Crippen LogP contribution is -2.44. The summed E-state index contributed by atoms with van der Waals surface area (Å²) in [7, 11) is 0. The fraction of sp³-hybridized carbons (Fsp3) is 0.714. The summed E-state index contributed by atoms with van der Waals surface area (Å²) in [6, 6.07) is 6.01. The Labute approximate surface area is 122 Å². The van der Waals surface area contributed by atoms with Gasteiger partial charge in [-0.2, -0.15) is 0 Å². The highest BCUT2D eigenvalue weighted by Gasteiger charge is 2.31. The Morgan fingerprint density at radius 1 is 1.28 bits per heavy atom. The minimum Gasteiger partial charge on any atom is -0.313 e. The van der Waals surface area contributed by atoms with E-state index in [0.29, 0.717) is 0 Å². The van der Waals surface area contributed by atoms with Crippen molar-refractivity contribution in [1.29, 1.82) is 0 Å². The third-order valence-corrected chi connectivity index (χ3v) is 5.53. The summed E-state index contributed by atoms with van der Waals surface area (Å²) in [6.07, 6.45) is 6.93. The van der Waals surface area contributed by atoms with E-state index in [1.54, 1.807) is 0 Å². The van der Waals surface area contributed by atoms with Crippen LogP contribution in [0, 0.1) is 0 Å². The van der Waals surface area contributed by atoms with Gasteiger partial charge in [-0.15, -0.1) is 11.3 Å². The summed E-state index contributed by atoms with van der Waals surface area (Å²) in [5.74, 6) is 0. The van der Waals surface area contributed by atoms with E-state index in [1.807, 2.05) is 11.3 Å². The molecule has 0 bridgehead atoms. The Kier molecular flexibility index (Phi) is 4.39. The van der Waals surface area contributed by atoms with Gasteiger partial charge in [0.25, 0.3) is 0 Å². The highest BCUT2D eigenvalue weighted by molar-refractivity contribution is 9.11. The number of hydrogen-bond acceptors (Lipinski definition) is 3. The van der Waals surface area contributed by atoms with Crippen molar-refractivity contribution in [1.82, 2.24) is 10.2 Å². The molecule has 1 N–H and O–H groups in total. The predicted molar refractivity (Wildman–Crippen MR) is 81.1 cm³/mol. The molecule has 2 aliphatic rings. The molecule has 2 nitrogen and oxygen atoms in total. The van der Waals surface area contributed by atoms with Crippen LogP contribution in [-0.4, -0.2) is 30.1 Å². The Bertz CT molecular complexity index is 383. The molecule has 1 unspecified atom stereocenters. The molecule has 0 aromatic carbocycles. The van der Waals surface area contributed by atoms with Gasteiger partial charge >= 0.3 is 0 Å². The molecule has 2 heterocycles. The summed E-state index contributed by atoms with van der Waals surface area (Å²) in [5.41, 5.74) is 0. The van der Waals surface area contributed by atoms with E-state index in [4.69, 9.17) is 0 Å². The molecule has 1 atom stereocenters. The first-order valence-corrected chi connectivity index (χ1v) is 8.64. The van der Waals surface area contributed by atoms with Crippen LogP contribution in [0.25, 0.3) is 0 Å². The molecule has 1 aliphatic carbocycles. The molecule has 0 radical (unpaired) electrons. The van der Waals surface area contributed by atoms with Crippen molar-refractivity contribution in [2.24, 2.45) is 0 Å². The molecule has 1 aliphatic heterocycles. The highest BCUT2D eigenvalue weighted by Crippen LogP contribution is 2.31. The number of piperidine rings is 1. The van der Waals surface area contributed by atoms with E-state index in [-0.39, 0.29) is 0 Å². The zero-order valence-corrected chi connectivity index (χ0v) is 13.1. The van der Waals surface area contributed by atoms with Crippen molar-refractivity contribution < 1.29 is 0 Å². The molecule has 0 amide bonds. The van der Waals surface area contributed by atoms with Crippen LogP contribution in [0.5, 0.6) is 0 Å². The van der Waals surface area contributed by atoms with Crippen molar-refractivity contribution in [3.63, 3.8) is 0 Å². The SMILES string of the molecule is Brc1ccc(CN(CC2CCCCN2)C2CC2)s1. The van der Waals surface area contributed by atoms with E-state index >= 15 is 0 Å². The molecule has 18 heavy (non-hydrogen) atoms. The maximum absolute atomic E-state index is 3.68. The number of rotatable bonds is 5. The van der Waals surface area contributed by atoms with Crippen molar-refractivity contribution in [2.75, 3.05) is 13.1 Å². The highest BCUT2D eigenvalue weighted by atomic mass is 79.9. The first-order valence-electron chi connectivity index (χ1n) is 7.03. The van der Waals surface area contributed by atoms with E-state index in [2.05, 4.69) is 38.3 Å². The molecule has 1 saturated carbocycles. The van der Waals surface area contributed by atoms with Gasteiger partial charge in [0.1, 0.15) is 0 Å². The van der Waals surface area contributed by atoms with Gasteiger partial charge in [0.2, 0.25) is 0 Å². The average molecular weight is 329 g/mol. The van der Waals surface area contributed by atoms with Gasteiger partial charge in [0.05, 0.1) is 3.79 Å². The zero-order chi connectivity index (χ0) is 12.4. The minimum absolute atomic E-state index is 0.725. The van der Waals surface area contributed by atoms with Crippen LogP contribution in [0.15, 0.2) is 15.9 Å². The van der Waals surface area contributed by atoms with Crippen molar-refractivity contribution in [2.45, 2.75) is 50.7 Å². The van der Waals surface area contributed by atoms with Gasteiger partial charge in [-0.05, 0) is 60.3 Å². The van der Waals surface area contributed by atoms with E-state index in [9.17, 15) is 0 Å². The molecular weight excluding hydrogens is 308 g/mol. The minimum atomic E-state index is 0.725. The summed E-state index contributed by atoms with van der Waals surface area (Å²) >= 11 is 5.44. The molecule has 0 spiro atoms. The van der Waals surface area contributed by atoms with Crippen LogP contribution >= 0.6 is 27.3 Å². The lowest BCUT2D eigenvalue weighted by Gasteiger charge is -2.30. The van der Waals surface area contributed by atoms with Crippen LogP contribution in [-0.2, 0) is 6.54 Å². The Hall–Kier alpha value is 0.1000. The maximum atomic E-state index is 3.68. The van der Waals surface area contributed by atoms with E-state index in [1.165, 1.54) is 53.9 Å². The second-order valence-electron chi connectivity index (χ2n) is 5.51. The van der Waals surface area contributed by atoms with Gasteiger partial charge in [-0.3, -0.25) is 4.90 Å². The first kappa shape index (κ1) is 13.1. The molecule has 1 saturated heterocycles. The van der Waals surface area contributed by atoms with E-state index in [0.717, 1.165) is 18.6 Å². The lowest BCUT2D eigenvalue weighted by molar-refractivity contribution is 0.210. The number of nitrogens with one attached hydrogen (secondary N) is 1. The van der Waals surface area contributed by atoms with Crippen LogP contribution in [0.4, 0.5) is 0 Å². The molecule has 2 fully saturated rings. The summed E-state index contributed by atoms with van der Waals surface area (Å²) in [6.45, 7) is 3.59. The summed E-state index contributed by atoms with van der Waals surface area (Å²) in [4.78, 5) is 4.19. The Balaban J connectivity index is 1.57. The maximum Gasteiger partial charge on any atom is 0.0701 e. The third kappa shape index (κ3) is 3.56. The number of hydrogen-bond donors (Lipinski definition) is 1. The van der Waals surface area contributed by atoms with Crippen LogP contribution in [0.3, 0.4) is 0 Å². The second kappa shape index (κ2) is 6.04. The molecule has 100 valence electrons. The fourth-order valence-electron chi connectivity index (χ4n) is 2.78. The Morgan fingerprint density at radius 3 is 2.78 bits per heavy atom. The van der Waals surface area contributed by atoms with Crippen LogP contribution in [0.1, 0.15) is 37.0 Å². The van der Waals surface area contributed by atoms with Gasteiger partial charge < -0.3 is 5.32 Å². The fourth-order valence-corrected chi connectivity index (χ4v) is 4.29. The van der Waals surface area contributed by atoms with Gasteiger partial charge in [-0.25, -0.2) is 0 Å². The number of halogens is 1. The Morgan fingerprint density at radius 2 is 2.17 bits per heavy atom. The smallest absolute Gasteiger partial charge is 0.0701 e. The standard InChI is InChI=1S/C14H21BrN2S/c15-14-7-6-13(18-14)10-17(12-4-5-12)9-11-3-1-2-8-16-11/h6-7,11-12,16H,1-5,8-10H2. The number of thiophene rings is 1. The normalized spacial score (nSPS) is 24.7. The van der Waals surface area contributed by atoms with Crippen molar-refractivity contribution in [3.05, 3.63) is 20.8 Å². The predicted octanol–water partition coefficient (Wildman–Crippen LogP) is 3.62. The van der Waals surface area contributed by atoms with Gasteiger partial charge in [-0.1, -0.05) is 6.42 Å². The molecule has 4 heteroatoms. The molecule has 3 rings (SSSR count). The third-order valence-electron chi connectivity index (χ3n) is 3.92. The summed E-state index contributed by atoms with van der Waals surface area (Å²) in [5, 5.41) is 3.68. The van der Waals surface area contributed by atoms with Crippen LogP contribution in [0.2, 0.25) is 0 Å². The van der Waals surface area contributed by atoms with Crippen molar-refractivity contribution >= 4 is 27.3 Å². The average Bonchev–Trinajstić information content (AvgIpc) is 3.15. The van der Waals surface area contributed by atoms with Gasteiger partial charge in [0.15, 0.2) is 0 Å². The van der Waals surface area contributed by atoms with E-state index < -0.39 is 0 Å².